The number of hydrogen-bond acceptors (Lipinski definition) is 2. The lowest BCUT2D eigenvalue weighted by Gasteiger charge is -2.39. The highest BCUT2D eigenvalue weighted by Gasteiger charge is 2.29. The van der Waals surface area contributed by atoms with Crippen molar-refractivity contribution in [2.75, 3.05) is 13.1 Å². The Morgan fingerprint density at radius 3 is 2.76 bits per heavy atom. The summed E-state index contributed by atoms with van der Waals surface area (Å²) in [5.74, 6) is 0. The van der Waals surface area contributed by atoms with E-state index in [9.17, 15) is 0 Å². The maximum atomic E-state index is 6.25. The fraction of sp³-hybridized carbons (Fsp3) is 0.538. The minimum Gasteiger partial charge on any atom is -0.326 e. The number of nitrogens with zero attached hydrogens (tertiary/aromatic N) is 1. The van der Waals surface area contributed by atoms with E-state index in [1.807, 2.05) is 18.2 Å². The van der Waals surface area contributed by atoms with E-state index in [-0.39, 0.29) is 12.1 Å². The fourth-order valence-corrected chi connectivity index (χ4v) is 2.91. The number of likely N-dealkylation sites (N-methyl/N-ethyl adjacent to an activating group) is 1. The summed E-state index contributed by atoms with van der Waals surface area (Å²) in [6, 6.07) is 6.29. The van der Waals surface area contributed by atoms with Crippen molar-refractivity contribution in [3.05, 3.63) is 33.8 Å². The standard InChI is InChI=1S/C13H18Cl2N2/c1-2-17-7-3-4-12(16)13(17)9-5-6-10(14)11(15)8-9/h5-6,8,12-13H,2-4,7,16H2,1H3. The van der Waals surface area contributed by atoms with Crippen molar-refractivity contribution in [1.29, 1.82) is 0 Å². The van der Waals surface area contributed by atoms with Crippen LogP contribution in [-0.2, 0) is 0 Å². The van der Waals surface area contributed by atoms with E-state index >= 15 is 0 Å². The molecule has 2 rings (SSSR count). The van der Waals surface area contributed by atoms with Crippen molar-refractivity contribution < 1.29 is 0 Å². The Hall–Kier alpha value is -0.280. The Morgan fingerprint density at radius 1 is 1.35 bits per heavy atom. The molecule has 0 spiro atoms. The summed E-state index contributed by atoms with van der Waals surface area (Å²) in [5, 5.41) is 1.21. The van der Waals surface area contributed by atoms with Crippen molar-refractivity contribution >= 4 is 23.2 Å². The van der Waals surface area contributed by atoms with Gasteiger partial charge in [-0.3, -0.25) is 4.90 Å². The van der Waals surface area contributed by atoms with Crippen LogP contribution < -0.4 is 5.73 Å². The number of piperidine rings is 1. The van der Waals surface area contributed by atoms with E-state index in [1.54, 1.807) is 0 Å². The van der Waals surface area contributed by atoms with Gasteiger partial charge in [-0.1, -0.05) is 36.2 Å². The summed E-state index contributed by atoms with van der Waals surface area (Å²) >= 11 is 12.0. The van der Waals surface area contributed by atoms with Gasteiger partial charge in [-0.2, -0.15) is 0 Å². The van der Waals surface area contributed by atoms with E-state index < -0.39 is 0 Å². The van der Waals surface area contributed by atoms with Crippen LogP contribution >= 0.6 is 23.2 Å². The summed E-state index contributed by atoms with van der Waals surface area (Å²) in [4.78, 5) is 2.41. The monoisotopic (exact) mass is 272 g/mol. The molecule has 1 aliphatic rings. The largest absolute Gasteiger partial charge is 0.326 e. The molecular weight excluding hydrogens is 255 g/mol. The molecular formula is C13H18Cl2N2. The molecule has 0 radical (unpaired) electrons. The van der Waals surface area contributed by atoms with Crippen LogP contribution in [-0.4, -0.2) is 24.0 Å². The zero-order chi connectivity index (χ0) is 12.4. The number of halogens is 2. The van der Waals surface area contributed by atoms with Gasteiger partial charge in [0.25, 0.3) is 0 Å². The van der Waals surface area contributed by atoms with Gasteiger partial charge in [-0.05, 0) is 43.6 Å². The highest BCUT2D eigenvalue weighted by molar-refractivity contribution is 6.42. The van der Waals surface area contributed by atoms with Crippen LogP contribution in [0.4, 0.5) is 0 Å². The number of benzene rings is 1. The Bertz CT molecular complexity index is 395. The number of hydrogen-bond donors (Lipinski definition) is 1. The summed E-state index contributed by atoms with van der Waals surface area (Å²) < 4.78 is 0. The van der Waals surface area contributed by atoms with Gasteiger partial charge in [-0.15, -0.1) is 0 Å². The average molecular weight is 273 g/mol. The number of nitrogens with two attached hydrogens (primary N) is 1. The lowest BCUT2D eigenvalue weighted by Crippen LogP contribution is -2.45. The van der Waals surface area contributed by atoms with Gasteiger partial charge in [0.2, 0.25) is 0 Å². The Balaban J connectivity index is 2.31. The molecule has 17 heavy (non-hydrogen) atoms. The van der Waals surface area contributed by atoms with Crippen LogP contribution in [0.15, 0.2) is 18.2 Å². The molecule has 1 fully saturated rings. The van der Waals surface area contributed by atoms with Crippen molar-refractivity contribution in [2.24, 2.45) is 5.73 Å². The average Bonchev–Trinajstić information content (AvgIpc) is 2.32. The molecule has 2 N–H and O–H groups in total. The smallest absolute Gasteiger partial charge is 0.0595 e. The number of rotatable bonds is 2. The zero-order valence-electron chi connectivity index (χ0n) is 10.00. The third-order valence-corrected chi connectivity index (χ3v) is 4.21. The third-order valence-electron chi connectivity index (χ3n) is 3.47. The van der Waals surface area contributed by atoms with E-state index in [4.69, 9.17) is 28.9 Å². The van der Waals surface area contributed by atoms with Gasteiger partial charge in [0, 0.05) is 12.1 Å². The van der Waals surface area contributed by atoms with Gasteiger partial charge in [0.05, 0.1) is 10.0 Å². The topological polar surface area (TPSA) is 29.3 Å². The minimum absolute atomic E-state index is 0.181. The van der Waals surface area contributed by atoms with E-state index in [2.05, 4.69) is 11.8 Å². The molecule has 0 aliphatic carbocycles. The molecule has 0 saturated carbocycles. The molecule has 0 amide bonds. The van der Waals surface area contributed by atoms with Crippen LogP contribution in [0.1, 0.15) is 31.4 Å². The molecule has 4 heteroatoms. The molecule has 1 aliphatic heterocycles. The van der Waals surface area contributed by atoms with Crippen LogP contribution in [0.3, 0.4) is 0 Å². The maximum absolute atomic E-state index is 6.25. The third kappa shape index (κ3) is 2.76. The SMILES string of the molecule is CCN1CCCC(N)C1c1ccc(Cl)c(Cl)c1. The van der Waals surface area contributed by atoms with Crippen LogP contribution in [0.5, 0.6) is 0 Å². The fourth-order valence-electron chi connectivity index (χ4n) is 2.61. The molecule has 2 atom stereocenters. The van der Waals surface area contributed by atoms with E-state index in [0.29, 0.717) is 10.0 Å². The molecule has 1 heterocycles. The molecule has 2 nitrogen and oxygen atoms in total. The van der Waals surface area contributed by atoms with Crippen molar-refractivity contribution in [2.45, 2.75) is 31.8 Å². The van der Waals surface area contributed by atoms with Crippen molar-refractivity contribution in [1.82, 2.24) is 4.90 Å². The second kappa shape index (κ2) is 5.57. The maximum Gasteiger partial charge on any atom is 0.0595 e. The second-order valence-corrected chi connectivity index (χ2v) is 5.37. The first-order valence-electron chi connectivity index (χ1n) is 6.08. The molecule has 1 aromatic carbocycles. The van der Waals surface area contributed by atoms with Crippen molar-refractivity contribution in [3.8, 4) is 0 Å². The normalized spacial score (nSPS) is 26.1. The van der Waals surface area contributed by atoms with Crippen LogP contribution in [0.2, 0.25) is 10.0 Å². The minimum atomic E-state index is 0.181. The Labute approximate surface area is 113 Å². The lowest BCUT2D eigenvalue weighted by atomic mass is 9.91. The molecule has 2 unspecified atom stereocenters. The van der Waals surface area contributed by atoms with Crippen molar-refractivity contribution in [3.63, 3.8) is 0 Å². The predicted molar refractivity (Wildman–Crippen MR) is 73.7 cm³/mol. The van der Waals surface area contributed by atoms with Gasteiger partial charge in [0.1, 0.15) is 0 Å². The van der Waals surface area contributed by atoms with E-state index in [1.165, 1.54) is 12.0 Å². The summed E-state index contributed by atoms with van der Waals surface area (Å²) in [6.45, 7) is 4.29. The van der Waals surface area contributed by atoms with E-state index in [0.717, 1.165) is 19.5 Å². The van der Waals surface area contributed by atoms with Gasteiger partial charge >= 0.3 is 0 Å². The summed E-state index contributed by atoms with van der Waals surface area (Å²) in [7, 11) is 0. The molecule has 1 aromatic rings. The highest BCUT2D eigenvalue weighted by atomic mass is 35.5. The quantitative estimate of drug-likeness (QED) is 0.893. The summed E-state index contributed by atoms with van der Waals surface area (Å²) in [6.07, 6.45) is 2.24. The predicted octanol–water partition coefficient (Wildman–Crippen LogP) is 3.48. The Morgan fingerprint density at radius 2 is 2.12 bits per heavy atom. The lowest BCUT2D eigenvalue weighted by molar-refractivity contribution is 0.136. The highest BCUT2D eigenvalue weighted by Crippen LogP contribution is 2.33. The first-order chi connectivity index (χ1) is 8.13. The second-order valence-electron chi connectivity index (χ2n) is 4.55. The summed E-state index contributed by atoms with van der Waals surface area (Å²) in [5.41, 5.74) is 7.42. The van der Waals surface area contributed by atoms with Crippen LogP contribution in [0.25, 0.3) is 0 Å². The first-order valence-corrected chi connectivity index (χ1v) is 6.83. The number of likely N-dealkylation sites (tertiary alicyclic amines) is 1. The van der Waals surface area contributed by atoms with Gasteiger partial charge in [-0.25, -0.2) is 0 Å². The zero-order valence-corrected chi connectivity index (χ0v) is 11.5. The molecule has 0 aromatic heterocycles. The first kappa shape index (κ1) is 13.2. The molecule has 0 bridgehead atoms. The van der Waals surface area contributed by atoms with Crippen LogP contribution in [0, 0.1) is 0 Å². The molecule has 1 saturated heterocycles. The van der Waals surface area contributed by atoms with Gasteiger partial charge < -0.3 is 5.73 Å². The Kier molecular flexibility index (Phi) is 4.31. The molecule has 94 valence electrons. The van der Waals surface area contributed by atoms with Gasteiger partial charge in [0.15, 0.2) is 0 Å².